The minimum atomic E-state index is -0.143. The van der Waals surface area contributed by atoms with Crippen molar-refractivity contribution < 1.29 is 9.32 Å². The van der Waals surface area contributed by atoms with Gasteiger partial charge in [0.1, 0.15) is 11.6 Å². The summed E-state index contributed by atoms with van der Waals surface area (Å²) in [6, 6.07) is 3.33. The van der Waals surface area contributed by atoms with Crippen LogP contribution in [0.15, 0.2) is 22.9 Å². The van der Waals surface area contributed by atoms with Crippen LogP contribution in [0.2, 0.25) is 0 Å². The number of carbonyl (C=O) groups excluding carboxylic acids is 1. The van der Waals surface area contributed by atoms with E-state index in [2.05, 4.69) is 15.5 Å². The molecule has 2 rings (SSSR count). The van der Waals surface area contributed by atoms with E-state index in [-0.39, 0.29) is 24.7 Å². The maximum atomic E-state index is 11.8. The molecule has 6 nitrogen and oxygen atoms in total. The van der Waals surface area contributed by atoms with Crippen LogP contribution in [-0.4, -0.2) is 16.0 Å². The number of nitrogen functional groups attached to an aromatic ring is 1. The zero-order chi connectivity index (χ0) is 13.1. The Bertz CT molecular complexity index is 546. The smallest absolute Gasteiger partial charge is 0.229 e. The van der Waals surface area contributed by atoms with Gasteiger partial charge >= 0.3 is 0 Å². The lowest BCUT2D eigenvalue weighted by Gasteiger charge is -2.04. The molecule has 0 aliphatic carbocycles. The Kier molecular flexibility index (Phi) is 4.88. The summed E-state index contributed by atoms with van der Waals surface area (Å²) in [6.45, 7) is 3.59. The number of hydrogen-bond acceptors (Lipinski definition) is 5. The number of pyridine rings is 1. The maximum Gasteiger partial charge on any atom is 0.229 e. The summed E-state index contributed by atoms with van der Waals surface area (Å²) in [5.41, 5.74) is 7.62. The predicted molar refractivity (Wildman–Crippen MR) is 74.2 cm³/mol. The third kappa shape index (κ3) is 3.69. The van der Waals surface area contributed by atoms with E-state index in [0.717, 1.165) is 11.3 Å². The van der Waals surface area contributed by atoms with Crippen LogP contribution in [0.3, 0.4) is 0 Å². The van der Waals surface area contributed by atoms with E-state index >= 15 is 0 Å². The fraction of sp³-hybridized carbons (Fsp3) is 0.250. The SMILES string of the molecule is Cc1noc(C)c1CC(=O)Nc1ccc(N)nc1.Cl. The topological polar surface area (TPSA) is 94.0 Å². The molecule has 3 N–H and O–H groups in total. The van der Waals surface area contributed by atoms with Crippen molar-refractivity contribution in [1.29, 1.82) is 0 Å². The fourth-order valence-electron chi connectivity index (χ4n) is 1.60. The molecule has 0 fully saturated rings. The summed E-state index contributed by atoms with van der Waals surface area (Å²) in [7, 11) is 0. The first-order chi connectivity index (χ1) is 8.56. The molecule has 0 unspecified atom stereocenters. The minimum absolute atomic E-state index is 0. The van der Waals surface area contributed by atoms with Gasteiger partial charge in [0, 0.05) is 5.56 Å². The van der Waals surface area contributed by atoms with E-state index < -0.39 is 0 Å². The first kappa shape index (κ1) is 15.0. The van der Waals surface area contributed by atoms with Crippen LogP contribution in [0.4, 0.5) is 11.5 Å². The molecule has 0 radical (unpaired) electrons. The van der Waals surface area contributed by atoms with Gasteiger partial charge in [-0.25, -0.2) is 4.98 Å². The highest BCUT2D eigenvalue weighted by Crippen LogP contribution is 2.14. The number of hydrogen-bond donors (Lipinski definition) is 2. The molecule has 0 spiro atoms. The number of nitrogens with two attached hydrogens (primary N) is 1. The standard InChI is InChI=1S/C12H14N4O2.ClH/c1-7-10(8(2)18-16-7)5-12(17)15-9-3-4-11(13)14-6-9;/h3-4,6H,5H2,1-2H3,(H2,13,14)(H,15,17);1H. The van der Waals surface area contributed by atoms with Crippen molar-refractivity contribution in [2.45, 2.75) is 20.3 Å². The first-order valence-electron chi connectivity index (χ1n) is 5.49. The molecule has 0 aliphatic rings. The molecule has 2 aromatic rings. The average Bonchev–Trinajstić information content (AvgIpc) is 2.64. The van der Waals surface area contributed by atoms with Crippen LogP contribution < -0.4 is 11.1 Å². The molecular formula is C12H15ClN4O2. The van der Waals surface area contributed by atoms with Gasteiger partial charge in [-0.05, 0) is 26.0 Å². The molecule has 19 heavy (non-hydrogen) atoms. The van der Waals surface area contributed by atoms with Gasteiger partial charge in [0.25, 0.3) is 0 Å². The first-order valence-corrected chi connectivity index (χ1v) is 5.49. The van der Waals surface area contributed by atoms with Crippen LogP contribution >= 0.6 is 12.4 Å². The minimum Gasteiger partial charge on any atom is -0.384 e. The molecular weight excluding hydrogens is 268 g/mol. The summed E-state index contributed by atoms with van der Waals surface area (Å²) in [5.74, 6) is 0.938. The second-order valence-corrected chi connectivity index (χ2v) is 4.00. The molecule has 2 aromatic heterocycles. The predicted octanol–water partition coefficient (Wildman–Crippen LogP) is 1.87. The quantitative estimate of drug-likeness (QED) is 0.896. The summed E-state index contributed by atoms with van der Waals surface area (Å²) in [4.78, 5) is 15.7. The van der Waals surface area contributed by atoms with Crippen molar-refractivity contribution in [3.8, 4) is 0 Å². The molecule has 0 atom stereocenters. The van der Waals surface area contributed by atoms with Gasteiger partial charge < -0.3 is 15.6 Å². The molecule has 0 bridgehead atoms. The normalized spacial score (nSPS) is 9.79. The molecule has 0 aliphatic heterocycles. The van der Waals surface area contributed by atoms with E-state index in [1.54, 1.807) is 19.1 Å². The van der Waals surface area contributed by atoms with Crippen LogP contribution in [-0.2, 0) is 11.2 Å². The van der Waals surface area contributed by atoms with Crippen molar-refractivity contribution in [3.63, 3.8) is 0 Å². The van der Waals surface area contributed by atoms with Crippen molar-refractivity contribution in [2.24, 2.45) is 0 Å². The summed E-state index contributed by atoms with van der Waals surface area (Å²) < 4.78 is 5.00. The number of aromatic nitrogens is 2. The third-order valence-electron chi connectivity index (χ3n) is 2.59. The van der Waals surface area contributed by atoms with Crippen molar-refractivity contribution in [3.05, 3.63) is 35.3 Å². The van der Waals surface area contributed by atoms with Gasteiger partial charge in [-0.2, -0.15) is 0 Å². The van der Waals surface area contributed by atoms with Crippen LogP contribution in [0.1, 0.15) is 17.0 Å². The molecule has 0 aromatic carbocycles. The molecule has 102 valence electrons. The molecule has 1 amide bonds. The van der Waals surface area contributed by atoms with Crippen molar-refractivity contribution in [1.82, 2.24) is 10.1 Å². The van der Waals surface area contributed by atoms with Gasteiger partial charge in [0.15, 0.2) is 0 Å². The van der Waals surface area contributed by atoms with Crippen LogP contribution in [0.5, 0.6) is 0 Å². The molecule has 0 saturated carbocycles. The number of nitrogens with one attached hydrogen (secondary N) is 1. The number of carbonyl (C=O) groups is 1. The van der Waals surface area contributed by atoms with Crippen LogP contribution in [0.25, 0.3) is 0 Å². The third-order valence-corrected chi connectivity index (χ3v) is 2.59. The molecule has 2 heterocycles. The van der Waals surface area contributed by atoms with Crippen LogP contribution in [0, 0.1) is 13.8 Å². The van der Waals surface area contributed by atoms with E-state index in [1.165, 1.54) is 6.20 Å². The Morgan fingerprint density at radius 3 is 2.68 bits per heavy atom. The lowest BCUT2D eigenvalue weighted by Crippen LogP contribution is -2.15. The van der Waals surface area contributed by atoms with Crippen molar-refractivity contribution in [2.75, 3.05) is 11.1 Å². The molecule has 0 saturated heterocycles. The lowest BCUT2D eigenvalue weighted by atomic mass is 10.1. The van der Waals surface area contributed by atoms with Crippen molar-refractivity contribution >= 4 is 29.8 Å². The zero-order valence-electron chi connectivity index (χ0n) is 10.6. The number of halogens is 1. The second-order valence-electron chi connectivity index (χ2n) is 4.00. The largest absolute Gasteiger partial charge is 0.384 e. The summed E-state index contributed by atoms with van der Waals surface area (Å²) in [5, 5.41) is 6.54. The Labute approximate surface area is 116 Å². The number of amides is 1. The number of nitrogens with zero attached hydrogens (tertiary/aromatic N) is 2. The Morgan fingerprint density at radius 2 is 2.16 bits per heavy atom. The number of rotatable bonds is 3. The van der Waals surface area contributed by atoms with Gasteiger partial charge in [-0.1, -0.05) is 5.16 Å². The highest BCUT2D eigenvalue weighted by Gasteiger charge is 2.13. The highest BCUT2D eigenvalue weighted by molar-refractivity contribution is 5.92. The molecule has 7 heteroatoms. The zero-order valence-corrected chi connectivity index (χ0v) is 11.5. The Balaban J connectivity index is 0.00000180. The number of anilines is 2. The highest BCUT2D eigenvalue weighted by atomic mass is 35.5. The van der Waals surface area contributed by atoms with E-state index in [0.29, 0.717) is 17.3 Å². The van der Waals surface area contributed by atoms with Gasteiger partial charge in [-0.15, -0.1) is 12.4 Å². The van der Waals surface area contributed by atoms with E-state index in [1.807, 2.05) is 6.92 Å². The monoisotopic (exact) mass is 282 g/mol. The Morgan fingerprint density at radius 1 is 1.42 bits per heavy atom. The number of aryl methyl sites for hydroxylation is 2. The summed E-state index contributed by atoms with van der Waals surface area (Å²) in [6.07, 6.45) is 1.74. The lowest BCUT2D eigenvalue weighted by molar-refractivity contribution is -0.115. The average molecular weight is 283 g/mol. The Hall–Kier alpha value is -2.08. The van der Waals surface area contributed by atoms with Gasteiger partial charge in [-0.3, -0.25) is 4.79 Å². The van der Waals surface area contributed by atoms with E-state index in [4.69, 9.17) is 10.3 Å². The maximum absolute atomic E-state index is 11.8. The van der Waals surface area contributed by atoms with Gasteiger partial charge in [0.05, 0.1) is 24.0 Å². The summed E-state index contributed by atoms with van der Waals surface area (Å²) >= 11 is 0. The van der Waals surface area contributed by atoms with Gasteiger partial charge in [0.2, 0.25) is 5.91 Å². The second kappa shape index (κ2) is 6.19. The van der Waals surface area contributed by atoms with E-state index in [9.17, 15) is 4.79 Å². The fourth-order valence-corrected chi connectivity index (χ4v) is 1.60.